The second kappa shape index (κ2) is 13.4. The third-order valence-electron chi connectivity index (χ3n) is 7.73. The monoisotopic (exact) mass is 581 g/mol. The Bertz CT molecular complexity index is 1270. The van der Waals surface area contributed by atoms with E-state index in [1.807, 2.05) is 48.5 Å². The second-order valence-corrected chi connectivity index (χ2v) is 11.7. The van der Waals surface area contributed by atoms with E-state index in [1.165, 1.54) is 7.11 Å². The van der Waals surface area contributed by atoms with Crippen LogP contribution in [0.2, 0.25) is 5.02 Å². The number of methoxy groups -OCH3 is 1. The topological polar surface area (TPSA) is 126 Å². The first-order valence-corrected chi connectivity index (χ1v) is 14.6. The van der Waals surface area contributed by atoms with Crippen molar-refractivity contribution in [3.05, 3.63) is 70.7 Å². The summed E-state index contributed by atoms with van der Waals surface area (Å²) in [7, 11) is 1.26. The number of aliphatic imine (C=N–C) groups is 1. The fraction of sp³-hybridized carbons (Fsp3) is 0.484. The Hall–Kier alpha value is -3.59. The number of guanidine groups is 1. The summed E-state index contributed by atoms with van der Waals surface area (Å²) in [5.74, 6) is 0.410. The highest BCUT2D eigenvalue weighted by Gasteiger charge is 2.49. The number of nitrogens with one attached hydrogen (secondary N) is 2. The molecule has 4 rings (SSSR count). The van der Waals surface area contributed by atoms with Crippen molar-refractivity contribution < 1.29 is 19.1 Å². The number of carbonyl (C=O) groups is 3. The number of nitrogens with two attached hydrogens (primary N) is 1. The van der Waals surface area contributed by atoms with E-state index in [2.05, 4.69) is 24.5 Å². The first-order chi connectivity index (χ1) is 19.6. The molecule has 1 saturated carbocycles. The number of carbonyl (C=O) groups excluding carboxylic acids is 3. The van der Waals surface area contributed by atoms with Gasteiger partial charge in [-0.05, 0) is 61.1 Å². The minimum atomic E-state index is -1.02. The van der Waals surface area contributed by atoms with Crippen molar-refractivity contribution in [2.24, 2.45) is 22.6 Å². The van der Waals surface area contributed by atoms with E-state index in [9.17, 15) is 14.4 Å². The number of rotatable bonds is 13. The summed E-state index contributed by atoms with van der Waals surface area (Å²) in [6.45, 7) is 4.55. The van der Waals surface area contributed by atoms with Crippen LogP contribution in [0.3, 0.4) is 0 Å². The Morgan fingerprint density at radius 2 is 1.80 bits per heavy atom. The SMILES string of the molecule is COC(=O)N[C@@H](Cc1ccccc1Cl)C(=O)N[C@H](CCCN1C(=O)[C@@](CC(C)C)(c2ccccc2)N=C1N)C1CC1. The van der Waals surface area contributed by atoms with Crippen LogP contribution in [0, 0.1) is 11.8 Å². The Labute approximate surface area is 246 Å². The molecule has 220 valence electrons. The average molecular weight is 582 g/mol. The number of nitrogens with zero attached hydrogens (tertiary/aromatic N) is 2. The van der Waals surface area contributed by atoms with Crippen molar-refractivity contribution in [2.45, 2.75) is 70.0 Å². The quantitative estimate of drug-likeness (QED) is 0.324. The number of amides is 3. The normalized spacial score (nSPS) is 20.0. The molecule has 0 aromatic heterocycles. The van der Waals surface area contributed by atoms with Crippen molar-refractivity contribution in [3.8, 4) is 0 Å². The van der Waals surface area contributed by atoms with Crippen LogP contribution in [0.1, 0.15) is 57.1 Å². The Kier molecular flexibility index (Phi) is 9.91. The van der Waals surface area contributed by atoms with Gasteiger partial charge in [-0.1, -0.05) is 74.0 Å². The van der Waals surface area contributed by atoms with E-state index in [0.29, 0.717) is 36.7 Å². The molecule has 2 aromatic carbocycles. The zero-order valence-electron chi connectivity index (χ0n) is 23.9. The summed E-state index contributed by atoms with van der Waals surface area (Å²) < 4.78 is 4.75. The van der Waals surface area contributed by atoms with E-state index in [1.54, 1.807) is 11.0 Å². The van der Waals surface area contributed by atoms with Gasteiger partial charge >= 0.3 is 6.09 Å². The molecule has 1 heterocycles. The molecule has 3 amide bonds. The molecule has 3 atom stereocenters. The number of hydrogen-bond acceptors (Lipinski definition) is 6. The van der Waals surface area contributed by atoms with Gasteiger partial charge in [0.2, 0.25) is 5.91 Å². The van der Waals surface area contributed by atoms with Gasteiger partial charge < -0.3 is 21.1 Å². The second-order valence-electron chi connectivity index (χ2n) is 11.3. The smallest absolute Gasteiger partial charge is 0.407 e. The van der Waals surface area contributed by atoms with Crippen LogP contribution in [0.25, 0.3) is 0 Å². The zero-order chi connectivity index (χ0) is 29.6. The molecule has 1 aliphatic carbocycles. The lowest BCUT2D eigenvalue weighted by molar-refractivity contribution is -0.132. The lowest BCUT2D eigenvalue weighted by atomic mass is 9.82. The third-order valence-corrected chi connectivity index (χ3v) is 8.10. The van der Waals surface area contributed by atoms with Gasteiger partial charge in [-0.2, -0.15) is 0 Å². The fourth-order valence-corrected chi connectivity index (χ4v) is 5.77. The number of halogens is 1. The van der Waals surface area contributed by atoms with Gasteiger partial charge in [0.05, 0.1) is 7.11 Å². The van der Waals surface area contributed by atoms with E-state index in [-0.39, 0.29) is 36.2 Å². The third kappa shape index (κ3) is 7.38. The molecule has 41 heavy (non-hydrogen) atoms. The van der Waals surface area contributed by atoms with Crippen LogP contribution in [-0.4, -0.2) is 54.5 Å². The molecule has 1 aliphatic heterocycles. The molecule has 4 N–H and O–H groups in total. The van der Waals surface area contributed by atoms with Gasteiger partial charge in [-0.15, -0.1) is 0 Å². The Morgan fingerprint density at radius 3 is 2.44 bits per heavy atom. The van der Waals surface area contributed by atoms with Gasteiger partial charge in [0.25, 0.3) is 5.91 Å². The number of ether oxygens (including phenoxy) is 1. The standard InChI is InChI=1S/C31H40ClN5O4/c1-20(2)19-31(23-11-5-4-6-12-23)28(39)37(29(33)36-31)17-9-14-25(21-15-16-21)34-27(38)26(35-30(40)41-3)18-22-10-7-8-13-24(22)32/h4-8,10-13,20-21,25-26H,9,14-19H2,1-3H3,(H2,33,36)(H,34,38)(H,35,40)/t25-,26+,31-/m1/s1. The maximum absolute atomic E-state index is 13.8. The molecule has 0 radical (unpaired) electrons. The van der Waals surface area contributed by atoms with Gasteiger partial charge in [0.15, 0.2) is 11.5 Å². The Balaban J connectivity index is 1.41. The molecule has 0 unspecified atom stereocenters. The summed E-state index contributed by atoms with van der Waals surface area (Å²) in [5, 5.41) is 6.31. The first kappa shape index (κ1) is 30.4. The average Bonchev–Trinajstić information content (AvgIpc) is 3.77. The molecule has 1 fully saturated rings. The lowest BCUT2D eigenvalue weighted by Crippen LogP contribution is -2.51. The maximum Gasteiger partial charge on any atom is 0.407 e. The first-order valence-electron chi connectivity index (χ1n) is 14.3. The summed E-state index contributed by atoms with van der Waals surface area (Å²) in [6, 6.07) is 15.9. The van der Waals surface area contributed by atoms with Crippen LogP contribution in [0.15, 0.2) is 59.6 Å². The molecule has 2 aliphatic rings. The van der Waals surface area contributed by atoms with Crippen LogP contribution in [0.5, 0.6) is 0 Å². The van der Waals surface area contributed by atoms with E-state index in [0.717, 1.165) is 24.0 Å². The molecular weight excluding hydrogens is 542 g/mol. The van der Waals surface area contributed by atoms with Crippen LogP contribution in [-0.2, 0) is 26.3 Å². The molecule has 10 heteroatoms. The molecule has 0 saturated heterocycles. The van der Waals surface area contributed by atoms with E-state index in [4.69, 9.17) is 27.1 Å². The zero-order valence-corrected chi connectivity index (χ0v) is 24.7. The van der Waals surface area contributed by atoms with Crippen molar-refractivity contribution in [1.29, 1.82) is 0 Å². The van der Waals surface area contributed by atoms with Crippen molar-refractivity contribution in [3.63, 3.8) is 0 Å². The van der Waals surface area contributed by atoms with Gasteiger partial charge in [-0.3, -0.25) is 14.5 Å². The molecule has 0 bridgehead atoms. The summed E-state index contributed by atoms with van der Waals surface area (Å²) in [5.41, 5.74) is 6.91. The fourth-order valence-electron chi connectivity index (χ4n) is 5.56. The highest BCUT2D eigenvalue weighted by molar-refractivity contribution is 6.31. The van der Waals surface area contributed by atoms with Crippen molar-refractivity contribution in [2.75, 3.05) is 13.7 Å². The predicted molar refractivity (Wildman–Crippen MR) is 159 cm³/mol. The summed E-state index contributed by atoms with van der Waals surface area (Å²) in [6.07, 6.45) is 3.43. The van der Waals surface area contributed by atoms with Crippen molar-refractivity contribution >= 4 is 35.5 Å². The van der Waals surface area contributed by atoms with Gasteiger partial charge in [-0.25, -0.2) is 9.79 Å². The highest BCUT2D eigenvalue weighted by atomic mass is 35.5. The number of benzene rings is 2. The van der Waals surface area contributed by atoms with Crippen LogP contribution < -0.4 is 16.4 Å². The predicted octanol–water partition coefficient (Wildman–Crippen LogP) is 4.38. The van der Waals surface area contributed by atoms with E-state index >= 15 is 0 Å². The minimum Gasteiger partial charge on any atom is -0.453 e. The largest absolute Gasteiger partial charge is 0.453 e. The van der Waals surface area contributed by atoms with Crippen LogP contribution >= 0.6 is 11.6 Å². The van der Waals surface area contributed by atoms with Crippen LogP contribution in [0.4, 0.5) is 4.79 Å². The molecular formula is C31H40ClN5O4. The Morgan fingerprint density at radius 1 is 1.12 bits per heavy atom. The highest BCUT2D eigenvalue weighted by Crippen LogP contribution is 2.39. The van der Waals surface area contributed by atoms with E-state index < -0.39 is 17.7 Å². The summed E-state index contributed by atoms with van der Waals surface area (Å²) in [4.78, 5) is 45.5. The van der Waals surface area contributed by atoms with Gasteiger partial charge in [0.1, 0.15) is 6.04 Å². The van der Waals surface area contributed by atoms with Gasteiger partial charge in [0, 0.05) is 24.0 Å². The molecule has 9 nitrogen and oxygen atoms in total. The molecule has 0 spiro atoms. The van der Waals surface area contributed by atoms with Crippen molar-refractivity contribution in [1.82, 2.24) is 15.5 Å². The lowest BCUT2D eigenvalue weighted by Gasteiger charge is -2.28. The number of hydrogen-bond donors (Lipinski definition) is 3. The summed E-state index contributed by atoms with van der Waals surface area (Å²) >= 11 is 6.32. The number of alkyl carbamates (subject to hydrolysis) is 1. The molecule has 2 aromatic rings. The minimum absolute atomic E-state index is 0.0962. The maximum atomic E-state index is 13.8.